The van der Waals surface area contributed by atoms with E-state index < -0.39 is 0 Å². The van der Waals surface area contributed by atoms with Crippen LogP contribution in [0.2, 0.25) is 0 Å². The third-order valence-corrected chi connectivity index (χ3v) is 2.33. The molecule has 94 valence electrons. The van der Waals surface area contributed by atoms with E-state index in [1.54, 1.807) is 0 Å². The number of rotatable bonds is 6. The van der Waals surface area contributed by atoms with Gasteiger partial charge in [0.05, 0.1) is 6.10 Å². The monoisotopic (exact) mass is 235 g/mol. The van der Waals surface area contributed by atoms with Crippen LogP contribution in [-0.4, -0.2) is 18.6 Å². The maximum absolute atomic E-state index is 11.4. The molecule has 0 amide bonds. The van der Waals surface area contributed by atoms with E-state index >= 15 is 0 Å². The number of hydrogen-bond acceptors (Lipinski definition) is 3. The number of hydrogen-bond donors (Lipinski definition) is 1. The van der Waals surface area contributed by atoms with Gasteiger partial charge in [-0.15, -0.1) is 0 Å². The summed E-state index contributed by atoms with van der Waals surface area (Å²) < 4.78 is 5.07. The summed E-state index contributed by atoms with van der Waals surface area (Å²) in [5, 5.41) is 3.13. The van der Waals surface area contributed by atoms with E-state index in [1.807, 2.05) is 32.0 Å². The van der Waals surface area contributed by atoms with Gasteiger partial charge < -0.3 is 10.1 Å². The third-order valence-electron chi connectivity index (χ3n) is 2.33. The predicted molar refractivity (Wildman–Crippen MR) is 70.2 cm³/mol. The van der Waals surface area contributed by atoms with E-state index in [1.165, 1.54) is 5.56 Å². The Hall–Kier alpha value is -1.51. The summed E-state index contributed by atoms with van der Waals surface area (Å²) >= 11 is 0. The molecule has 0 aromatic heterocycles. The Labute approximate surface area is 103 Å². The van der Waals surface area contributed by atoms with Gasteiger partial charge >= 0.3 is 5.97 Å². The molecule has 0 unspecified atom stereocenters. The first kappa shape index (κ1) is 13.6. The van der Waals surface area contributed by atoms with Crippen molar-refractivity contribution in [3.63, 3.8) is 0 Å². The summed E-state index contributed by atoms with van der Waals surface area (Å²) in [5.74, 6) is -0.216. The van der Waals surface area contributed by atoms with E-state index in [4.69, 9.17) is 4.74 Å². The molecule has 0 saturated heterocycles. The molecule has 0 spiro atoms. The minimum absolute atomic E-state index is 0.0600. The van der Waals surface area contributed by atoms with Crippen LogP contribution in [-0.2, 0) is 16.0 Å². The van der Waals surface area contributed by atoms with Gasteiger partial charge in [0.2, 0.25) is 0 Å². The highest BCUT2D eigenvalue weighted by molar-refractivity contribution is 5.75. The molecular weight excluding hydrogens is 214 g/mol. The molecule has 1 rings (SSSR count). The fourth-order valence-electron chi connectivity index (χ4n) is 1.65. The smallest absolute Gasteiger partial charge is 0.325 e. The Kier molecular flexibility index (Phi) is 5.53. The standard InChI is InChI=1S/C14H21NO2/c1-4-7-12-8-5-6-9-13(12)15-10-14(16)17-11(2)3/h5-6,8-9,11,15H,4,7,10H2,1-3H3. The molecule has 0 aliphatic carbocycles. The molecule has 0 atom stereocenters. The van der Waals surface area contributed by atoms with Crippen LogP contribution in [0.3, 0.4) is 0 Å². The molecule has 1 aromatic rings. The molecule has 3 heteroatoms. The minimum Gasteiger partial charge on any atom is -0.462 e. The van der Waals surface area contributed by atoms with E-state index in [2.05, 4.69) is 18.3 Å². The number of para-hydroxylation sites is 1. The van der Waals surface area contributed by atoms with Crippen LogP contribution in [0.4, 0.5) is 5.69 Å². The van der Waals surface area contributed by atoms with E-state index in [9.17, 15) is 4.79 Å². The molecule has 1 N–H and O–H groups in total. The molecule has 17 heavy (non-hydrogen) atoms. The minimum atomic E-state index is -0.216. The summed E-state index contributed by atoms with van der Waals surface area (Å²) in [7, 11) is 0. The number of ether oxygens (including phenoxy) is 1. The van der Waals surface area contributed by atoms with Gasteiger partial charge in [-0.2, -0.15) is 0 Å². The van der Waals surface area contributed by atoms with E-state index in [-0.39, 0.29) is 18.6 Å². The number of carbonyl (C=O) groups is 1. The van der Waals surface area contributed by atoms with Crippen molar-refractivity contribution in [1.82, 2.24) is 0 Å². The van der Waals surface area contributed by atoms with Gasteiger partial charge in [0.1, 0.15) is 6.54 Å². The second kappa shape index (κ2) is 6.94. The summed E-state index contributed by atoms with van der Waals surface area (Å²) in [6, 6.07) is 8.06. The van der Waals surface area contributed by atoms with Crippen molar-refractivity contribution in [2.45, 2.75) is 39.7 Å². The summed E-state index contributed by atoms with van der Waals surface area (Å²) in [6.45, 7) is 6.06. The first-order chi connectivity index (χ1) is 8.13. The molecule has 0 saturated carbocycles. The molecule has 0 heterocycles. The maximum Gasteiger partial charge on any atom is 0.325 e. The van der Waals surface area contributed by atoms with Crippen molar-refractivity contribution >= 4 is 11.7 Å². The quantitative estimate of drug-likeness (QED) is 0.770. The highest BCUT2D eigenvalue weighted by Gasteiger charge is 2.06. The average Bonchev–Trinajstić information content (AvgIpc) is 2.27. The van der Waals surface area contributed by atoms with Crippen molar-refractivity contribution in [3.8, 4) is 0 Å². The molecule has 0 aliphatic rings. The lowest BCUT2D eigenvalue weighted by Crippen LogP contribution is -2.20. The number of esters is 1. The lowest BCUT2D eigenvalue weighted by Gasteiger charge is -2.12. The number of nitrogens with one attached hydrogen (secondary N) is 1. The van der Waals surface area contributed by atoms with Crippen molar-refractivity contribution < 1.29 is 9.53 Å². The molecule has 3 nitrogen and oxygen atoms in total. The largest absolute Gasteiger partial charge is 0.462 e. The zero-order valence-electron chi connectivity index (χ0n) is 10.8. The predicted octanol–water partition coefficient (Wildman–Crippen LogP) is 3.00. The Morgan fingerprint density at radius 3 is 2.71 bits per heavy atom. The highest BCUT2D eigenvalue weighted by atomic mass is 16.5. The molecular formula is C14H21NO2. The van der Waals surface area contributed by atoms with Crippen LogP contribution >= 0.6 is 0 Å². The van der Waals surface area contributed by atoms with Crippen LogP contribution in [0, 0.1) is 0 Å². The van der Waals surface area contributed by atoms with Crippen LogP contribution in [0.1, 0.15) is 32.8 Å². The van der Waals surface area contributed by atoms with Crippen molar-refractivity contribution in [3.05, 3.63) is 29.8 Å². The summed E-state index contributed by atoms with van der Waals surface area (Å²) in [4.78, 5) is 11.4. The normalized spacial score (nSPS) is 10.4. The van der Waals surface area contributed by atoms with Gasteiger partial charge in [-0.25, -0.2) is 0 Å². The van der Waals surface area contributed by atoms with Crippen LogP contribution in [0.15, 0.2) is 24.3 Å². The Bertz CT molecular complexity index is 361. The molecule has 1 aromatic carbocycles. The van der Waals surface area contributed by atoms with Crippen molar-refractivity contribution in [2.24, 2.45) is 0 Å². The van der Waals surface area contributed by atoms with Gasteiger partial charge in [0.25, 0.3) is 0 Å². The lowest BCUT2D eigenvalue weighted by molar-refractivity contribution is -0.145. The third kappa shape index (κ3) is 4.89. The van der Waals surface area contributed by atoms with Crippen LogP contribution in [0.25, 0.3) is 0 Å². The summed E-state index contributed by atoms with van der Waals surface area (Å²) in [5.41, 5.74) is 2.27. The first-order valence-corrected chi connectivity index (χ1v) is 6.14. The number of aryl methyl sites for hydroxylation is 1. The zero-order valence-corrected chi connectivity index (χ0v) is 10.8. The van der Waals surface area contributed by atoms with Gasteiger partial charge in [-0.3, -0.25) is 4.79 Å². The van der Waals surface area contributed by atoms with E-state index in [0.29, 0.717) is 0 Å². The second-order valence-electron chi connectivity index (χ2n) is 4.30. The Balaban J connectivity index is 2.53. The molecule has 0 bridgehead atoms. The lowest BCUT2D eigenvalue weighted by atomic mass is 10.1. The first-order valence-electron chi connectivity index (χ1n) is 6.14. The Morgan fingerprint density at radius 1 is 1.35 bits per heavy atom. The van der Waals surface area contributed by atoms with Crippen molar-refractivity contribution in [2.75, 3.05) is 11.9 Å². The molecule has 0 aliphatic heterocycles. The van der Waals surface area contributed by atoms with Gasteiger partial charge in [0.15, 0.2) is 0 Å². The van der Waals surface area contributed by atoms with Gasteiger partial charge in [0, 0.05) is 5.69 Å². The topological polar surface area (TPSA) is 38.3 Å². The fraction of sp³-hybridized carbons (Fsp3) is 0.500. The zero-order chi connectivity index (χ0) is 12.7. The fourth-order valence-corrected chi connectivity index (χ4v) is 1.65. The molecule has 0 radical (unpaired) electrons. The average molecular weight is 235 g/mol. The van der Waals surface area contributed by atoms with Gasteiger partial charge in [-0.05, 0) is 31.9 Å². The number of anilines is 1. The Morgan fingerprint density at radius 2 is 2.06 bits per heavy atom. The number of carbonyl (C=O) groups excluding carboxylic acids is 1. The SMILES string of the molecule is CCCc1ccccc1NCC(=O)OC(C)C. The van der Waals surface area contributed by atoms with Gasteiger partial charge in [-0.1, -0.05) is 31.5 Å². The molecule has 0 fully saturated rings. The number of benzene rings is 1. The van der Waals surface area contributed by atoms with Crippen LogP contribution in [0.5, 0.6) is 0 Å². The van der Waals surface area contributed by atoms with E-state index in [0.717, 1.165) is 18.5 Å². The highest BCUT2D eigenvalue weighted by Crippen LogP contribution is 2.16. The van der Waals surface area contributed by atoms with Crippen molar-refractivity contribution in [1.29, 1.82) is 0 Å². The van der Waals surface area contributed by atoms with Crippen LogP contribution < -0.4 is 5.32 Å². The maximum atomic E-state index is 11.4. The summed E-state index contributed by atoms with van der Waals surface area (Å²) in [6.07, 6.45) is 2.05. The second-order valence-corrected chi connectivity index (χ2v) is 4.30.